The van der Waals surface area contributed by atoms with Crippen molar-refractivity contribution in [3.05, 3.63) is 0 Å². The summed E-state index contributed by atoms with van der Waals surface area (Å²) < 4.78 is 0.327. The summed E-state index contributed by atoms with van der Waals surface area (Å²) in [6.45, 7) is 2.37. The molecule has 0 aliphatic heterocycles. The molecule has 5 aliphatic rings. The van der Waals surface area contributed by atoms with E-state index in [0.29, 0.717) is 27.9 Å². The number of alkyl halides is 1. The van der Waals surface area contributed by atoms with Gasteiger partial charge in [-0.15, -0.1) is 0 Å². The van der Waals surface area contributed by atoms with Crippen LogP contribution in [0.1, 0.15) is 13.3 Å². The first-order valence-electron chi connectivity index (χ1n) is 5.86. The molecule has 0 saturated heterocycles. The molecule has 74 valence electrons. The molecule has 0 aromatic rings. The highest BCUT2D eigenvalue weighted by atomic mass is 79.9. The van der Waals surface area contributed by atoms with Gasteiger partial charge in [-0.1, -0.05) is 15.9 Å². The van der Waals surface area contributed by atoms with Gasteiger partial charge < -0.3 is 0 Å². The fraction of sp³-hybridized carbons (Fsp3) is 0.917. The Bertz CT molecular complexity index is 388. The molecule has 1 nitrogen and oxygen atoms in total. The average molecular weight is 253 g/mol. The summed E-state index contributed by atoms with van der Waals surface area (Å²) in [7, 11) is 0. The Labute approximate surface area is 91.8 Å². The van der Waals surface area contributed by atoms with Crippen molar-refractivity contribution in [1.82, 2.24) is 0 Å². The molecule has 2 heteroatoms. The van der Waals surface area contributed by atoms with Crippen LogP contribution in [-0.4, -0.2) is 10.1 Å². The first-order valence-corrected chi connectivity index (χ1v) is 6.66. The summed E-state index contributed by atoms with van der Waals surface area (Å²) in [4.78, 5) is 12.2. The Morgan fingerprint density at radius 3 is 2.79 bits per heavy atom. The zero-order valence-corrected chi connectivity index (χ0v) is 9.70. The summed E-state index contributed by atoms with van der Waals surface area (Å²) in [5.74, 6) is 6.61. The molecule has 0 amide bonds. The zero-order chi connectivity index (χ0) is 9.40. The number of halogens is 1. The van der Waals surface area contributed by atoms with E-state index < -0.39 is 0 Å². The van der Waals surface area contributed by atoms with Crippen LogP contribution in [0, 0.1) is 47.3 Å². The lowest BCUT2D eigenvalue weighted by Crippen LogP contribution is -2.53. The van der Waals surface area contributed by atoms with Crippen molar-refractivity contribution >= 4 is 21.7 Å². The highest BCUT2D eigenvalue weighted by Crippen LogP contribution is 2.85. The van der Waals surface area contributed by atoms with E-state index in [1.165, 1.54) is 6.42 Å². The minimum Gasteiger partial charge on any atom is -0.299 e. The topological polar surface area (TPSA) is 17.1 Å². The van der Waals surface area contributed by atoms with Crippen molar-refractivity contribution in [2.45, 2.75) is 17.7 Å². The van der Waals surface area contributed by atoms with E-state index in [1.807, 2.05) is 0 Å². The van der Waals surface area contributed by atoms with E-state index in [1.54, 1.807) is 0 Å². The van der Waals surface area contributed by atoms with Crippen LogP contribution >= 0.6 is 15.9 Å². The van der Waals surface area contributed by atoms with E-state index in [9.17, 15) is 4.79 Å². The first kappa shape index (κ1) is 7.43. The molecule has 9 unspecified atom stereocenters. The second-order valence-electron chi connectivity index (χ2n) is 6.37. The number of hydrogen-bond acceptors (Lipinski definition) is 1. The third kappa shape index (κ3) is 0.417. The second kappa shape index (κ2) is 1.66. The Hall–Kier alpha value is 0.150. The molecular formula is C12H13BrO. The van der Waals surface area contributed by atoms with E-state index in [4.69, 9.17) is 0 Å². The van der Waals surface area contributed by atoms with Gasteiger partial charge in [-0.05, 0) is 48.9 Å². The largest absolute Gasteiger partial charge is 0.299 e. The number of carbonyl (C=O) groups is 1. The SMILES string of the molecule is CC1(Br)C2C3CC4C2C(=O)C2C4C3C21. The Morgan fingerprint density at radius 1 is 1.21 bits per heavy atom. The van der Waals surface area contributed by atoms with Crippen LogP contribution in [0.3, 0.4) is 0 Å². The fourth-order valence-corrected chi connectivity index (χ4v) is 7.76. The number of ketones is 1. The van der Waals surface area contributed by atoms with E-state index in [2.05, 4.69) is 22.9 Å². The van der Waals surface area contributed by atoms with Crippen LogP contribution in [-0.2, 0) is 4.79 Å². The summed E-state index contributed by atoms with van der Waals surface area (Å²) in [5.41, 5.74) is 0. The van der Waals surface area contributed by atoms with Gasteiger partial charge in [0.15, 0.2) is 0 Å². The van der Waals surface area contributed by atoms with Gasteiger partial charge in [0, 0.05) is 16.2 Å². The lowest BCUT2D eigenvalue weighted by Gasteiger charge is -2.49. The zero-order valence-electron chi connectivity index (χ0n) is 8.11. The van der Waals surface area contributed by atoms with E-state index in [-0.39, 0.29) is 0 Å². The minimum atomic E-state index is 0.327. The standard InChI is InChI=1S/C12H13BrO/c1-12(13)9-4-2-3-5-6(4)10(12)8(5)11(14)7(3)9/h3-10H,2H2,1H3. The third-order valence-corrected chi connectivity index (χ3v) is 7.52. The molecule has 5 rings (SSSR count). The lowest BCUT2D eigenvalue weighted by atomic mass is 9.57. The van der Waals surface area contributed by atoms with E-state index in [0.717, 1.165) is 29.6 Å². The van der Waals surface area contributed by atoms with Gasteiger partial charge in [-0.3, -0.25) is 4.79 Å². The predicted molar refractivity (Wildman–Crippen MR) is 54.9 cm³/mol. The van der Waals surface area contributed by atoms with Gasteiger partial charge in [0.1, 0.15) is 5.78 Å². The van der Waals surface area contributed by atoms with E-state index >= 15 is 0 Å². The van der Waals surface area contributed by atoms with Crippen molar-refractivity contribution in [3.8, 4) is 0 Å². The number of rotatable bonds is 0. The number of Topliss-reactive ketones (excluding diaryl/α,β-unsaturated/α-hetero) is 1. The van der Waals surface area contributed by atoms with Gasteiger partial charge in [-0.2, -0.15) is 0 Å². The molecule has 2 bridgehead atoms. The Kier molecular flexibility index (Phi) is 0.883. The molecule has 0 heterocycles. The average Bonchev–Trinajstić information content (AvgIpc) is 2.52. The maximum Gasteiger partial charge on any atom is 0.140 e. The molecule has 0 spiro atoms. The highest BCUT2D eigenvalue weighted by Gasteiger charge is 2.86. The maximum atomic E-state index is 12.2. The molecule has 0 aromatic carbocycles. The van der Waals surface area contributed by atoms with Gasteiger partial charge in [-0.25, -0.2) is 0 Å². The molecular weight excluding hydrogens is 240 g/mol. The van der Waals surface area contributed by atoms with Crippen LogP contribution in [0.2, 0.25) is 0 Å². The highest BCUT2D eigenvalue weighted by molar-refractivity contribution is 9.10. The van der Waals surface area contributed by atoms with Crippen molar-refractivity contribution in [2.24, 2.45) is 47.3 Å². The second-order valence-corrected chi connectivity index (χ2v) is 8.08. The van der Waals surface area contributed by atoms with Gasteiger partial charge in [0.2, 0.25) is 0 Å². The molecule has 0 N–H and O–H groups in total. The normalized spacial score (nSPS) is 80.3. The fourth-order valence-electron chi connectivity index (χ4n) is 6.54. The number of hydrogen-bond donors (Lipinski definition) is 0. The quantitative estimate of drug-likeness (QED) is 0.604. The molecule has 0 radical (unpaired) electrons. The van der Waals surface area contributed by atoms with Gasteiger partial charge in [0.25, 0.3) is 0 Å². The summed E-state index contributed by atoms with van der Waals surface area (Å²) in [6, 6.07) is 0. The lowest BCUT2D eigenvalue weighted by molar-refractivity contribution is -0.134. The number of fused-ring (bicyclic) bond motifs is 2. The van der Waals surface area contributed by atoms with Crippen LogP contribution in [0.4, 0.5) is 0 Å². The summed E-state index contributed by atoms with van der Waals surface area (Å²) in [5, 5.41) is 0. The Balaban J connectivity index is 1.87. The van der Waals surface area contributed by atoms with Crippen LogP contribution < -0.4 is 0 Å². The van der Waals surface area contributed by atoms with Crippen molar-refractivity contribution in [3.63, 3.8) is 0 Å². The van der Waals surface area contributed by atoms with Crippen molar-refractivity contribution in [2.75, 3.05) is 0 Å². The number of carbonyl (C=O) groups excluding carboxylic acids is 1. The van der Waals surface area contributed by atoms with Gasteiger partial charge in [0.05, 0.1) is 0 Å². The van der Waals surface area contributed by atoms with Crippen molar-refractivity contribution < 1.29 is 4.79 Å². The smallest absolute Gasteiger partial charge is 0.140 e. The molecule has 9 atom stereocenters. The first-order chi connectivity index (χ1) is 6.64. The molecule has 5 aliphatic carbocycles. The predicted octanol–water partition coefficient (Wildman–Crippen LogP) is 2.10. The molecule has 5 saturated carbocycles. The molecule has 5 fully saturated rings. The van der Waals surface area contributed by atoms with Gasteiger partial charge >= 0.3 is 0 Å². The Morgan fingerprint density at radius 2 is 2.00 bits per heavy atom. The molecule has 0 aromatic heterocycles. The maximum absolute atomic E-state index is 12.2. The minimum absolute atomic E-state index is 0.327. The third-order valence-electron chi connectivity index (χ3n) is 6.46. The van der Waals surface area contributed by atoms with Crippen molar-refractivity contribution in [1.29, 1.82) is 0 Å². The van der Waals surface area contributed by atoms with Crippen LogP contribution in [0.15, 0.2) is 0 Å². The summed E-state index contributed by atoms with van der Waals surface area (Å²) in [6.07, 6.45) is 1.39. The monoisotopic (exact) mass is 252 g/mol. The van der Waals surface area contributed by atoms with Crippen LogP contribution in [0.5, 0.6) is 0 Å². The molecule has 14 heavy (non-hydrogen) atoms. The summed E-state index contributed by atoms with van der Waals surface area (Å²) >= 11 is 3.97. The van der Waals surface area contributed by atoms with Crippen LogP contribution in [0.25, 0.3) is 0 Å².